The molecule has 0 unspecified atom stereocenters. The lowest BCUT2D eigenvalue weighted by Crippen LogP contribution is -2.34. The number of unbranched alkanes of at least 4 members (excludes halogenated alkanes) is 16. The van der Waals surface area contributed by atoms with Crippen LogP contribution in [0.3, 0.4) is 0 Å². The number of nitrogens with zero attached hydrogens (tertiary/aromatic N) is 1. The minimum Gasteiger partial charge on any atom is -0.247 e. The van der Waals surface area contributed by atoms with Gasteiger partial charge in [-0.2, -0.15) is 4.57 Å². The normalized spacial score (nSPS) is 12.3. The summed E-state index contributed by atoms with van der Waals surface area (Å²) in [4.78, 5) is 3.60. The van der Waals surface area contributed by atoms with Crippen molar-refractivity contribution in [3.8, 4) is 5.69 Å². The van der Waals surface area contributed by atoms with E-state index in [-0.39, 0.29) is 0 Å². The first-order chi connectivity index (χ1) is 16.9. The summed E-state index contributed by atoms with van der Waals surface area (Å²) in [5.74, 6) is 2.04. The van der Waals surface area contributed by atoms with Crippen LogP contribution in [-0.2, 0) is 0 Å². The van der Waals surface area contributed by atoms with Gasteiger partial charge in [-0.05, 0) is 25.0 Å². The SMILES string of the molecule is CCCCCCCCCCCCCCCCC[C@H](CCCCC)c1[nH]cc[n+]1-c1ccccc1. The van der Waals surface area contributed by atoms with E-state index in [1.54, 1.807) is 0 Å². The molecule has 0 fully saturated rings. The molecule has 2 nitrogen and oxygen atoms in total. The van der Waals surface area contributed by atoms with E-state index in [1.807, 2.05) is 0 Å². The number of rotatable bonds is 22. The Labute approximate surface area is 212 Å². The Morgan fingerprint density at radius 2 is 1.03 bits per heavy atom. The van der Waals surface area contributed by atoms with E-state index in [9.17, 15) is 0 Å². The predicted molar refractivity (Wildman–Crippen MR) is 149 cm³/mol. The van der Waals surface area contributed by atoms with Crippen LogP contribution < -0.4 is 4.57 Å². The van der Waals surface area contributed by atoms with Crippen molar-refractivity contribution < 1.29 is 4.57 Å². The van der Waals surface area contributed by atoms with Gasteiger partial charge in [0, 0.05) is 0 Å². The Bertz CT molecular complexity index is 690. The molecule has 1 aromatic heterocycles. The molecule has 0 aliphatic carbocycles. The molecule has 2 rings (SSSR count). The van der Waals surface area contributed by atoms with Crippen LogP contribution >= 0.6 is 0 Å². The topological polar surface area (TPSA) is 19.7 Å². The van der Waals surface area contributed by atoms with Crippen molar-refractivity contribution in [1.82, 2.24) is 4.98 Å². The van der Waals surface area contributed by atoms with Crippen molar-refractivity contribution in [3.63, 3.8) is 0 Å². The van der Waals surface area contributed by atoms with E-state index < -0.39 is 0 Å². The average Bonchev–Trinajstić information content (AvgIpc) is 3.36. The zero-order valence-electron chi connectivity index (χ0n) is 22.7. The molecule has 1 N–H and O–H groups in total. The monoisotopic (exact) mass is 467 g/mol. The highest BCUT2D eigenvalue weighted by Gasteiger charge is 2.23. The number of H-pyrrole nitrogens is 1. The second-order valence-electron chi connectivity index (χ2n) is 10.5. The molecule has 0 saturated carbocycles. The fraction of sp³-hybridized carbons (Fsp3) is 0.719. The lowest BCUT2D eigenvalue weighted by Gasteiger charge is -2.14. The van der Waals surface area contributed by atoms with Crippen molar-refractivity contribution in [2.75, 3.05) is 0 Å². The van der Waals surface area contributed by atoms with Gasteiger partial charge in [-0.3, -0.25) is 0 Å². The molecule has 0 aliphatic heterocycles. The molecule has 1 aromatic carbocycles. The maximum Gasteiger partial charge on any atom is 0.262 e. The smallest absolute Gasteiger partial charge is 0.247 e. The number of nitrogens with one attached hydrogen (secondary N) is 1. The highest BCUT2D eigenvalue weighted by Crippen LogP contribution is 2.26. The lowest BCUT2D eigenvalue weighted by molar-refractivity contribution is -0.604. The Balaban J connectivity index is 1.59. The van der Waals surface area contributed by atoms with Crippen LogP contribution in [0.1, 0.15) is 154 Å². The molecular weight excluding hydrogens is 412 g/mol. The second-order valence-corrected chi connectivity index (χ2v) is 10.5. The van der Waals surface area contributed by atoms with Crippen LogP contribution in [0.15, 0.2) is 42.7 Å². The van der Waals surface area contributed by atoms with E-state index in [0.29, 0.717) is 5.92 Å². The predicted octanol–water partition coefficient (Wildman–Crippen LogP) is 10.2. The highest BCUT2D eigenvalue weighted by atomic mass is 15.1. The third kappa shape index (κ3) is 12.2. The van der Waals surface area contributed by atoms with Crippen LogP contribution in [0, 0.1) is 0 Å². The third-order valence-corrected chi connectivity index (χ3v) is 7.45. The van der Waals surface area contributed by atoms with Crippen LogP contribution in [0.5, 0.6) is 0 Å². The van der Waals surface area contributed by atoms with Gasteiger partial charge < -0.3 is 0 Å². The minimum absolute atomic E-state index is 0.642. The van der Waals surface area contributed by atoms with Gasteiger partial charge in [0.05, 0.1) is 5.92 Å². The maximum atomic E-state index is 3.60. The number of aromatic amines is 1. The van der Waals surface area contributed by atoms with Crippen LogP contribution in [0.4, 0.5) is 0 Å². The summed E-state index contributed by atoms with van der Waals surface area (Å²) >= 11 is 0. The van der Waals surface area contributed by atoms with Crippen LogP contribution in [-0.4, -0.2) is 4.98 Å². The Hall–Kier alpha value is -1.57. The summed E-state index contributed by atoms with van der Waals surface area (Å²) in [5, 5.41) is 0. The summed E-state index contributed by atoms with van der Waals surface area (Å²) < 4.78 is 2.38. The summed E-state index contributed by atoms with van der Waals surface area (Å²) in [7, 11) is 0. The van der Waals surface area contributed by atoms with E-state index in [1.165, 1.54) is 140 Å². The fourth-order valence-electron chi connectivity index (χ4n) is 5.30. The van der Waals surface area contributed by atoms with Crippen molar-refractivity contribution >= 4 is 0 Å². The van der Waals surface area contributed by atoms with E-state index in [4.69, 9.17) is 0 Å². The maximum absolute atomic E-state index is 3.60. The molecule has 0 amide bonds. The van der Waals surface area contributed by atoms with Gasteiger partial charge in [0.2, 0.25) is 0 Å². The lowest BCUT2D eigenvalue weighted by atomic mass is 9.93. The highest BCUT2D eigenvalue weighted by molar-refractivity contribution is 5.22. The second kappa shape index (κ2) is 19.7. The number of benzene rings is 1. The third-order valence-electron chi connectivity index (χ3n) is 7.45. The Kier molecular flexibility index (Phi) is 16.6. The van der Waals surface area contributed by atoms with Crippen molar-refractivity contribution in [1.29, 1.82) is 0 Å². The summed E-state index contributed by atoms with van der Waals surface area (Å²) in [5.41, 5.74) is 1.27. The van der Waals surface area contributed by atoms with Gasteiger partial charge >= 0.3 is 0 Å². The summed E-state index contributed by atoms with van der Waals surface area (Å²) in [6.07, 6.45) is 32.5. The van der Waals surface area contributed by atoms with Gasteiger partial charge in [-0.15, -0.1) is 0 Å². The molecule has 34 heavy (non-hydrogen) atoms. The number of imidazole rings is 1. The van der Waals surface area contributed by atoms with Gasteiger partial charge in [-0.1, -0.05) is 148 Å². The first-order valence-corrected chi connectivity index (χ1v) is 15.0. The van der Waals surface area contributed by atoms with Crippen molar-refractivity contribution in [2.45, 2.75) is 148 Å². The molecule has 0 spiro atoms. The minimum atomic E-state index is 0.642. The molecule has 0 saturated heterocycles. The molecular formula is C32H55N2+. The average molecular weight is 468 g/mol. The molecule has 2 aromatic rings. The zero-order valence-corrected chi connectivity index (χ0v) is 22.7. The molecule has 0 aliphatic rings. The Morgan fingerprint density at radius 3 is 1.56 bits per heavy atom. The van der Waals surface area contributed by atoms with Crippen molar-refractivity contribution in [2.24, 2.45) is 0 Å². The first kappa shape index (κ1) is 28.7. The summed E-state index contributed by atoms with van der Waals surface area (Å²) in [6, 6.07) is 10.8. The quantitative estimate of drug-likeness (QED) is 0.131. The largest absolute Gasteiger partial charge is 0.262 e. The van der Waals surface area contributed by atoms with E-state index in [0.717, 1.165) is 0 Å². The molecule has 1 atom stereocenters. The molecule has 192 valence electrons. The van der Waals surface area contributed by atoms with Crippen LogP contribution in [0.2, 0.25) is 0 Å². The van der Waals surface area contributed by atoms with Gasteiger partial charge in [-0.25, -0.2) is 4.98 Å². The number of hydrogen-bond acceptors (Lipinski definition) is 0. The number of para-hydroxylation sites is 1. The van der Waals surface area contributed by atoms with Gasteiger partial charge in [0.15, 0.2) is 0 Å². The van der Waals surface area contributed by atoms with E-state index in [2.05, 4.69) is 66.1 Å². The Morgan fingerprint density at radius 1 is 0.588 bits per heavy atom. The fourth-order valence-corrected chi connectivity index (χ4v) is 5.30. The molecule has 0 bridgehead atoms. The molecule has 1 heterocycles. The van der Waals surface area contributed by atoms with E-state index >= 15 is 0 Å². The summed E-state index contributed by atoms with van der Waals surface area (Å²) in [6.45, 7) is 4.61. The van der Waals surface area contributed by atoms with Gasteiger partial charge in [0.1, 0.15) is 18.1 Å². The van der Waals surface area contributed by atoms with Crippen LogP contribution in [0.25, 0.3) is 5.69 Å². The molecule has 2 heteroatoms. The van der Waals surface area contributed by atoms with Crippen molar-refractivity contribution in [3.05, 3.63) is 48.5 Å². The zero-order chi connectivity index (χ0) is 24.1. The molecule has 0 radical (unpaired) electrons. The number of aromatic nitrogens is 2. The standard InChI is InChI=1S/C32H54N2/c1-3-5-7-8-9-10-11-12-13-14-15-16-17-18-21-25-30(24-20-6-4-2)32-33-28-29-34(32)31-26-22-19-23-27-31/h19,22-23,26-30H,3-18,20-21,24-25H2,1-2H3/p+1/t30-/m0/s1. The number of hydrogen-bond donors (Lipinski definition) is 1. The van der Waals surface area contributed by atoms with Gasteiger partial charge in [0.25, 0.3) is 5.82 Å². The first-order valence-electron chi connectivity index (χ1n) is 15.0.